The van der Waals surface area contributed by atoms with Crippen LogP contribution in [0.3, 0.4) is 0 Å². The lowest BCUT2D eigenvalue weighted by Gasteiger charge is -2.06. The van der Waals surface area contributed by atoms with E-state index in [1.165, 1.54) is 11.3 Å². The summed E-state index contributed by atoms with van der Waals surface area (Å²) in [6.45, 7) is 1.93. The Labute approximate surface area is 134 Å². The standard InChI is InChI=1S/C15H11N5S2/c1-9-13(17-11-6-3-2-5-10(11)16-9)18-15-20-19-14(22-15)12-7-4-8-21-12/h2-8H,1H3,(H,17,18,20). The minimum Gasteiger partial charge on any atom is -0.313 e. The summed E-state index contributed by atoms with van der Waals surface area (Å²) < 4.78 is 0. The lowest BCUT2D eigenvalue weighted by Crippen LogP contribution is -1.99. The van der Waals surface area contributed by atoms with Gasteiger partial charge in [0, 0.05) is 0 Å². The van der Waals surface area contributed by atoms with Gasteiger partial charge in [0.05, 0.1) is 21.6 Å². The van der Waals surface area contributed by atoms with Crippen molar-refractivity contribution >= 4 is 44.7 Å². The number of hydrogen-bond donors (Lipinski definition) is 1. The van der Waals surface area contributed by atoms with E-state index in [0.29, 0.717) is 5.82 Å². The van der Waals surface area contributed by atoms with Crippen LogP contribution in [0.25, 0.3) is 20.9 Å². The fourth-order valence-electron chi connectivity index (χ4n) is 2.08. The lowest BCUT2D eigenvalue weighted by molar-refractivity contribution is 1.09. The first kappa shape index (κ1) is 13.3. The van der Waals surface area contributed by atoms with Gasteiger partial charge in [-0.3, -0.25) is 0 Å². The van der Waals surface area contributed by atoms with Crippen LogP contribution in [0.4, 0.5) is 10.9 Å². The number of hydrogen-bond acceptors (Lipinski definition) is 7. The number of aromatic nitrogens is 4. The van der Waals surface area contributed by atoms with Crippen molar-refractivity contribution in [2.75, 3.05) is 5.32 Å². The van der Waals surface area contributed by atoms with Gasteiger partial charge in [-0.2, -0.15) is 0 Å². The first-order valence-corrected chi connectivity index (χ1v) is 8.37. The lowest BCUT2D eigenvalue weighted by atomic mass is 10.3. The highest BCUT2D eigenvalue weighted by molar-refractivity contribution is 7.22. The van der Waals surface area contributed by atoms with Gasteiger partial charge in [0.2, 0.25) is 5.13 Å². The molecule has 0 saturated heterocycles. The number of nitrogens with zero attached hydrogens (tertiary/aromatic N) is 4. The molecule has 0 aliphatic heterocycles. The average Bonchev–Trinajstić information content (AvgIpc) is 3.18. The molecule has 3 aromatic heterocycles. The number of thiophene rings is 1. The van der Waals surface area contributed by atoms with Crippen LogP contribution in [0.2, 0.25) is 0 Å². The Morgan fingerprint density at radius 2 is 1.77 bits per heavy atom. The molecule has 22 heavy (non-hydrogen) atoms. The fraction of sp³-hybridized carbons (Fsp3) is 0.0667. The van der Waals surface area contributed by atoms with E-state index in [2.05, 4.69) is 25.5 Å². The van der Waals surface area contributed by atoms with Crippen LogP contribution in [-0.2, 0) is 0 Å². The van der Waals surface area contributed by atoms with Crippen molar-refractivity contribution in [3.63, 3.8) is 0 Å². The molecular weight excluding hydrogens is 314 g/mol. The number of anilines is 2. The van der Waals surface area contributed by atoms with E-state index in [-0.39, 0.29) is 0 Å². The molecule has 0 aliphatic carbocycles. The second kappa shape index (κ2) is 5.43. The number of rotatable bonds is 3. The Kier molecular flexibility index (Phi) is 3.28. The first-order valence-electron chi connectivity index (χ1n) is 6.67. The van der Waals surface area contributed by atoms with Crippen molar-refractivity contribution in [1.82, 2.24) is 20.2 Å². The minimum atomic E-state index is 0.715. The van der Waals surface area contributed by atoms with Crippen LogP contribution in [0.15, 0.2) is 41.8 Å². The van der Waals surface area contributed by atoms with Crippen molar-refractivity contribution in [2.45, 2.75) is 6.92 Å². The smallest absolute Gasteiger partial charge is 0.211 e. The molecule has 0 amide bonds. The molecular formula is C15H11N5S2. The van der Waals surface area contributed by atoms with Gasteiger partial charge < -0.3 is 5.32 Å². The molecule has 0 radical (unpaired) electrons. The van der Waals surface area contributed by atoms with E-state index in [4.69, 9.17) is 0 Å². The maximum Gasteiger partial charge on any atom is 0.211 e. The highest BCUT2D eigenvalue weighted by Crippen LogP contribution is 2.31. The van der Waals surface area contributed by atoms with E-state index < -0.39 is 0 Å². The van der Waals surface area contributed by atoms with Gasteiger partial charge in [-0.15, -0.1) is 21.5 Å². The van der Waals surface area contributed by atoms with E-state index in [1.54, 1.807) is 11.3 Å². The zero-order valence-corrected chi connectivity index (χ0v) is 13.3. The molecule has 1 aromatic carbocycles. The topological polar surface area (TPSA) is 63.6 Å². The molecule has 0 bridgehead atoms. The largest absolute Gasteiger partial charge is 0.313 e. The number of fused-ring (bicyclic) bond motifs is 1. The maximum atomic E-state index is 4.61. The first-order chi connectivity index (χ1) is 10.8. The number of benzene rings is 1. The van der Waals surface area contributed by atoms with Gasteiger partial charge in [-0.05, 0) is 30.5 Å². The predicted molar refractivity (Wildman–Crippen MR) is 90.8 cm³/mol. The van der Waals surface area contributed by atoms with E-state index in [9.17, 15) is 0 Å². The molecule has 0 saturated carbocycles. The van der Waals surface area contributed by atoms with Crippen LogP contribution in [-0.4, -0.2) is 20.2 Å². The molecule has 1 N–H and O–H groups in total. The zero-order valence-electron chi connectivity index (χ0n) is 11.6. The monoisotopic (exact) mass is 325 g/mol. The van der Waals surface area contributed by atoms with Gasteiger partial charge in [0.15, 0.2) is 10.8 Å². The van der Waals surface area contributed by atoms with Crippen molar-refractivity contribution in [1.29, 1.82) is 0 Å². The molecule has 5 nitrogen and oxygen atoms in total. The van der Waals surface area contributed by atoms with E-state index >= 15 is 0 Å². The maximum absolute atomic E-state index is 4.61. The highest BCUT2D eigenvalue weighted by atomic mass is 32.1. The molecule has 0 aliphatic rings. The summed E-state index contributed by atoms with van der Waals surface area (Å²) in [4.78, 5) is 10.3. The summed E-state index contributed by atoms with van der Waals surface area (Å²) in [6, 6.07) is 11.9. The Morgan fingerprint density at radius 3 is 2.55 bits per heavy atom. The van der Waals surface area contributed by atoms with Crippen LogP contribution in [0.1, 0.15) is 5.69 Å². The van der Waals surface area contributed by atoms with Crippen LogP contribution in [0, 0.1) is 6.92 Å². The Hall–Kier alpha value is -2.38. The SMILES string of the molecule is Cc1nc2ccccc2nc1Nc1nnc(-c2cccs2)s1. The third kappa shape index (κ3) is 2.44. The minimum absolute atomic E-state index is 0.715. The number of nitrogens with one attached hydrogen (secondary N) is 1. The molecule has 4 aromatic rings. The molecule has 0 unspecified atom stereocenters. The normalized spacial score (nSPS) is 11.0. The summed E-state index contributed by atoms with van der Waals surface area (Å²) in [5, 5.41) is 15.3. The Balaban J connectivity index is 1.67. The Bertz CT molecular complexity index is 930. The predicted octanol–water partition coefficient (Wildman–Crippen LogP) is 4.26. The number of aryl methyl sites for hydroxylation is 1. The number of para-hydroxylation sites is 2. The van der Waals surface area contributed by atoms with Gasteiger partial charge in [0.1, 0.15) is 0 Å². The van der Waals surface area contributed by atoms with Crippen molar-refractivity contribution in [3.8, 4) is 9.88 Å². The molecule has 4 rings (SSSR count). The van der Waals surface area contributed by atoms with Crippen molar-refractivity contribution in [3.05, 3.63) is 47.5 Å². The van der Waals surface area contributed by atoms with Gasteiger partial charge in [-0.1, -0.05) is 29.5 Å². The third-order valence-corrected chi connectivity index (χ3v) is 5.00. The second-order valence-electron chi connectivity index (χ2n) is 4.66. The molecule has 0 fully saturated rings. The fourth-order valence-corrected chi connectivity index (χ4v) is 3.62. The summed E-state index contributed by atoms with van der Waals surface area (Å²) in [5.74, 6) is 0.715. The zero-order chi connectivity index (χ0) is 14.9. The van der Waals surface area contributed by atoms with Crippen LogP contribution < -0.4 is 5.32 Å². The van der Waals surface area contributed by atoms with E-state index in [0.717, 1.165) is 31.7 Å². The van der Waals surface area contributed by atoms with Gasteiger partial charge in [-0.25, -0.2) is 9.97 Å². The Morgan fingerprint density at radius 1 is 0.955 bits per heavy atom. The highest BCUT2D eigenvalue weighted by Gasteiger charge is 2.10. The summed E-state index contributed by atoms with van der Waals surface area (Å²) >= 11 is 3.16. The van der Waals surface area contributed by atoms with Gasteiger partial charge in [0.25, 0.3) is 0 Å². The summed E-state index contributed by atoms with van der Waals surface area (Å²) in [6.07, 6.45) is 0. The molecule has 3 heterocycles. The van der Waals surface area contributed by atoms with Gasteiger partial charge >= 0.3 is 0 Å². The third-order valence-electron chi connectivity index (χ3n) is 3.13. The summed E-state index contributed by atoms with van der Waals surface area (Å²) in [7, 11) is 0. The van der Waals surface area contributed by atoms with Crippen LogP contribution >= 0.6 is 22.7 Å². The van der Waals surface area contributed by atoms with E-state index in [1.807, 2.05) is 48.7 Å². The molecule has 7 heteroatoms. The quantitative estimate of drug-likeness (QED) is 0.609. The second-order valence-corrected chi connectivity index (χ2v) is 6.59. The average molecular weight is 325 g/mol. The van der Waals surface area contributed by atoms with Crippen molar-refractivity contribution < 1.29 is 0 Å². The van der Waals surface area contributed by atoms with Crippen LogP contribution in [0.5, 0.6) is 0 Å². The van der Waals surface area contributed by atoms with Crippen molar-refractivity contribution in [2.24, 2.45) is 0 Å². The summed E-state index contributed by atoms with van der Waals surface area (Å²) in [5.41, 5.74) is 2.59. The molecule has 108 valence electrons. The molecule has 0 atom stereocenters. The molecule has 0 spiro atoms.